The number of hydrogen-bond acceptors (Lipinski definition) is 3. The Balaban J connectivity index is -0.0000000183. The van der Waals surface area contributed by atoms with Gasteiger partial charge in [0, 0.05) is 0 Å². The molecule has 8 heteroatoms. The van der Waals surface area contributed by atoms with Crippen molar-refractivity contribution < 1.29 is 51.0 Å². The van der Waals surface area contributed by atoms with E-state index in [0.29, 0.717) is 0 Å². The zero-order chi connectivity index (χ0) is 5.58. The minimum absolute atomic E-state index is 0. The maximum atomic E-state index is 8.67. The van der Waals surface area contributed by atoms with E-state index in [2.05, 4.69) is 23.3 Å². The molecule has 0 aromatic heterocycles. The van der Waals surface area contributed by atoms with E-state index in [1.807, 2.05) is 0 Å². The molecule has 0 bridgehead atoms. The molecule has 0 aliphatic heterocycles. The van der Waals surface area contributed by atoms with Gasteiger partial charge >= 0.3 is 37.7 Å². The van der Waals surface area contributed by atoms with Crippen molar-refractivity contribution in [1.82, 2.24) is 0 Å². The van der Waals surface area contributed by atoms with Crippen molar-refractivity contribution in [3.05, 3.63) is 0 Å². The van der Waals surface area contributed by atoms with Crippen molar-refractivity contribution in [2.45, 2.75) is 0 Å². The van der Waals surface area contributed by atoms with Gasteiger partial charge in [-0.15, -0.1) is 0 Å². The van der Waals surface area contributed by atoms with Crippen LogP contribution in [0.3, 0.4) is 0 Å². The summed E-state index contributed by atoms with van der Waals surface area (Å²) < 4.78 is 22.8. The first-order valence-corrected chi connectivity index (χ1v) is 3.10. The molecule has 3 nitrogen and oxygen atoms in total. The molecule has 0 aromatic carbocycles. The van der Waals surface area contributed by atoms with Crippen LogP contribution in [0.5, 0.6) is 0 Å². The van der Waals surface area contributed by atoms with E-state index in [9.17, 15) is 0 Å². The van der Waals surface area contributed by atoms with Crippen molar-refractivity contribution >= 4 is 34.7 Å². The van der Waals surface area contributed by atoms with E-state index in [4.69, 9.17) is 13.3 Å². The third-order valence-electron chi connectivity index (χ3n) is 0. The van der Waals surface area contributed by atoms with Crippen LogP contribution in [0.1, 0.15) is 0 Å². The monoisotopic (exact) mass is 160 g/mol. The van der Waals surface area contributed by atoms with E-state index in [0.717, 1.165) is 0 Å². The van der Waals surface area contributed by atoms with Crippen LogP contribution < -0.4 is 37.7 Å². The van der Waals surface area contributed by atoms with Crippen molar-refractivity contribution in [3.8, 4) is 0 Å². The van der Waals surface area contributed by atoms with Gasteiger partial charge in [-0.1, -0.05) is 0 Å². The second kappa shape index (κ2) is 23.1. The fraction of sp³-hybridized carbons (Fsp3) is 0. The molecule has 0 saturated heterocycles. The van der Waals surface area contributed by atoms with Gasteiger partial charge in [0.25, 0.3) is 11.4 Å². The molecule has 0 rings (SSSR count). The van der Waals surface area contributed by atoms with Gasteiger partial charge in [0.05, 0.1) is 0 Å². The standard InChI is InChI=1S/2Li.H2O3S.S2/c;;1-4(2)3;1-2/h;;(H2,1,2,3);/q2*+1;;-2. The molecule has 0 unspecified atom stereocenters. The minimum Gasteiger partial charge on any atom is -1.00 e. The van der Waals surface area contributed by atoms with Gasteiger partial charge in [0.2, 0.25) is 0 Å². The third-order valence-corrected chi connectivity index (χ3v) is 0. The average molecular weight is 160 g/mol. The fourth-order valence-electron chi connectivity index (χ4n) is 0. The fourth-order valence-corrected chi connectivity index (χ4v) is 0. The molecule has 0 fully saturated rings. The van der Waals surface area contributed by atoms with E-state index in [-0.39, 0.29) is 37.7 Å². The first-order chi connectivity index (χ1) is 2.73. The van der Waals surface area contributed by atoms with Crippen LogP contribution in [0.15, 0.2) is 0 Å². The summed E-state index contributed by atoms with van der Waals surface area (Å²) in [5, 5.41) is 0. The first kappa shape index (κ1) is 22.5. The van der Waals surface area contributed by atoms with E-state index < -0.39 is 11.4 Å². The topological polar surface area (TPSA) is 57.5 Å². The van der Waals surface area contributed by atoms with Crippen LogP contribution in [-0.2, 0) is 34.7 Å². The second-order valence-electron chi connectivity index (χ2n) is 0.231. The van der Waals surface area contributed by atoms with Crippen LogP contribution in [-0.4, -0.2) is 13.3 Å². The Bertz CT molecular complexity index is 35.5. The molecule has 0 radical (unpaired) electrons. The minimum atomic E-state index is -2.61. The van der Waals surface area contributed by atoms with Gasteiger partial charge in [0.15, 0.2) is 0 Å². The zero-order valence-corrected chi connectivity index (χ0v) is 6.98. The van der Waals surface area contributed by atoms with Gasteiger partial charge in [-0.25, -0.2) is 0 Å². The Labute approximate surface area is 85.1 Å². The summed E-state index contributed by atoms with van der Waals surface area (Å²) in [6, 6.07) is 0. The van der Waals surface area contributed by atoms with Gasteiger partial charge in [0.1, 0.15) is 0 Å². The smallest absolute Gasteiger partial charge is 1.00 e. The summed E-state index contributed by atoms with van der Waals surface area (Å²) >= 11 is 4.72. The van der Waals surface area contributed by atoms with Crippen molar-refractivity contribution in [3.63, 3.8) is 0 Å². The molecule has 0 atom stereocenters. The van der Waals surface area contributed by atoms with Crippen LogP contribution >= 0.6 is 0 Å². The maximum absolute atomic E-state index is 8.67. The van der Waals surface area contributed by atoms with Crippen LogP contribution in [0.2, 0.25) is 0 Å². The molecule has 0 heterocycles. The van der Waals surface area contributed by atoms with E-state index >= 15 is 0 Å². The largest absolute Gasteiger partial charge is 1.00 e. The van der Waals surface area contributed by atoms with Crippen LogP contribution in [0, 0.1) is 0 Å². The molecule has 0 aromatic rings. The van der Waals surface area contributed by atoms with Gasteiger partial charge in [-0.2, -0.15) is 4.21 Å². The Kier molecular flexibility index (Phi) is 64.9. The third kappa shape index (κ3) is 100. The SMILES string of the molecule is O=S(O)O.[Li+].[Li+].[S-][S-]. The quantitative estimate of drug-likeness (QED) is 0.160. The van der Waals surface area contributed by atoms with E-state index in [1.54, 1.807) is 0 Å². The predicted molar refractivity (Wildman–Crippen MR) is 28.1 cm³/mol. The Morgan fingerprint density at radius 2 is 1.12 bits per heavy atom. The molecular formula is H2Li2O3S3. The molecule has 0 amide bonds. The second-order valence-corrected chi connectivity index (χ2v) is 0.692. The molecule has 0 aliphatic carbocycles. The normalized spacial score (nSPS) is 5.12. The van der Waals surface area contributed by atoms with Crippen LogP contribution in [0.4, 0.5) is 0 Å². The van der Waals surface area contributed by atoms with Crippen LogP contribution in [0.25, 0.3) is 0 Å². The predicted octanol–water partition coefficient (Wildman–Crippen LogP) is -6.32. The van der Waals surface area contributed by atoms with Gasteiger partial charge < -0.3 is 23.3 Å². The average Bonchev–Trinajstić information content (AvgIpc) is 1.41. The Morgan fingerprint density at radius 1 is 1.12 bits per heavy atom. The summed E-state index contributed by atoms with van der Waals surface area (Å²) in [5.74, 6) is 0. The Hall–Kier alpha value is 1.96. The summed E-state index contributed by atoms with van der Waals surface area (Å²) in [7, 11) is 0. The number of hydrogen-bond donors (Lipinski definition) is 2. The van der Waals surface area contributed by atoms with Crippen molar-refractivity contribution in [2.75, 3.05) is 0 Å². The molecule has 0 aliphatic rings. The maximum Gasteiger partial charge on any atom is 1.00 e. The molecule has 8 heavy (non-hydrogen) atoms. The van der Waals surface area contributed by atoms with Crippen molar-refractivity contribution in [1.29, 1.82) is 0 Å². The van der Waals surface area contributed by atoms with E-state index in [1.165, 1.54) is 0 Å². The summed E-state index contributed by atoms with van der Waals surface area (Å²) in [4.78, 5) is 0. The van der Waals surface area contributed by atoms with Gasteiger partial charge in [-0.3, -0.25) is 9.11 Å². The summed E-state index contributed by atoms with van der Waals surface area (Å²) in [5.41, 5.74) is 0. The summed E-state index contributed by atoms with van der Waals surface area (Å²) in [6.07, 6.45) is 0. The molecule has 2 N–H and O–H groups in total. The van der Waals surface area contributed by atoms with Gasteiger partial charge in [-0.05, 0) is 0 Å². The Morgan fingerprint density at radius 3 is 1.12 bits per heavy atom. The molecule has 0 spiro atoms. The first-order valence-electron chi connectivity index (χ1n) is 0.698. The molecule has 0 saturated carbocycles. The summed E-state index contributed by atoms with van der Waals surface area (Å²) in [6.45, 7) is 0. The zero-order valence-electron chi connectivity index (χ0n) is 4.53. The number of rotatable bonds is 0. The molecular weight excluding hydrogens is 158 g/mol. The molecule has 40 valence electrons. The van der Waals surface area contributed by atoms with Crippen molar-refractivity contribution in [2.24, 2.45) is 0 Å².